The Morgan fingerprint density at radius 3 is 1.17 bits per heavy atom. The van der Waals surface area contributed by atoms with Crippen LogP contribution >= 0.6 is 0 Å². The summed E-state index contributed by atoms with van der Waals surface area (Å²) in [5, 5.41) is 0. The second-order valence-electron chi connectivity index (χ2n) is 11.0. The summed E-state index contributed by atoms with van der Waals surface area (Å²) in [6.07, 6.45) is 9.38. The van der Waals surface area contributed by atoms with Gasteiger partial charge in [-0.3, -0.25) is 0 Å². The fraction of sp³-hybridized carbons (Fsp3) is 0.314. The third-order valence-electron chi connectivity index (χ3n) is 9.33. The molecule has 174 valence electrons. The molecule has 0 radical (unpaired) electrons. The first-order valence-electron chi connectivity index (χ1n) is 13.7. The van der Waals surface area contributed by atoms with Gasteiger partial charge in [-0.2, -0.15) is 0 Å². The van der Waals surface area contributed by atoms with E-state index in [9.17, 15) is 0 Å². The maximum Gasteiger partial charge on any atom is -0.00201 e. The predicted molar refractivity (Wildman–Crippen MR) is 146 cm³/mol. The minimum absolute atomic E-state index is 0.768. The molecule has 35 heavy (non-hydrogen) atoms. The average molecular weight is 455 g/mol. The summed E-state index contributed by atoms with van der Waals surface area (Å²) in [7, 11) is 0. The minimum Gasteiger partial charge on any atom is -0.0620 e. The van der Waals surface area contributed by atoms with E-state index < -0.39 is 0 Å². The lowest BCUT2D eigenvalue weighted by Gasteiger charge is -2.30. The van der Waals surface area contributed by atoms with Gasteiger partial charge in [-0.25, -0.2) is 0 Å². The lowest BCUT2D eigenvalue weighted by Crippen LogP contribution is -2.12. The molecule has 0 aromatic heterocycles. The largest absolute Gasteiger partial charge is 0.0620 e. The van der Waals surface area contributed by atoms with Crippen molar-refractivity contribution in [2.24, 2.45) is 0 Å². The lowest BCUT2D eigenvalue weighted by molar-refractivity contribution is 0.616. The molecular formula is C35H34. The van der Waals surface area contributed by atoms with Crippen LogP contribution in [0.3, 0.4) is 0 Å². The van der Waals surface area contributed by atoms with Gasteiger partial charge in [-0.1, -0.05) is 110 Å². The Kier molecular flexibility index (Phi) is 5.34. The molecule has 0 amide bonds. The highest BCUT2D eigenvalue weighted by molar-refractivity contribution is 5.75. The second-order valence-corrected chi connectivity index (χ2v) is 11.0. The highest BCUT2D eigenvalue weighted by Crippen LogP contribution is 2.54. The fourth-order valence-corrected chi connectivity index (χ4v) is 7.86. The van der Waals surface area contributed by atoms with Gasteiger partial charge >= 0.3 is 0 Å². The van der Waals surface area contributed by atoms with E-state index in [4.69, 9.17) is 0 Å². The lowest BCUT2D eigenvalue weighted by atomic mass is 9.73. The highest BCUT2D eigenvalue weighted by Gasteiger charge is 2.36. The van der Waals surface area contributed by atoms with Gasteiger partial charge in [-0.15, -0.1) is 0 Å². The van der Waals surface area contributed by atoms with Crippen molar-refractivity contribution in [3.8, 4) is 11.1 Å². The molecule has 0 bridgehead atoms. The fourth-order valence-electron chi connectivity index (χ4n) is 7.86. The SMILES string of the molecule is c1ccc2c(c1)-c1ccccc1C1CCCC21.c1ccc2c(c1)Cc1ccccc1C1CCCC21. The van der Waals surface area contributed by atoms with Gasteiger partial charge in [0, 0.05) is 0 Å². The molecule has 8 rings (SSSR count). The first kappa shape index (κ1) is 21.2. The van der Waals surface area contributed by atoms with Crippen LogP contribution in [0.15, 0.2) is 97.1 Å². The normalized spacial score (nSPS) is 24.9. The van der Waals surface area contributed by atoms with Gasteiger partial charge in [0.1, 0.15) is 0 Å². The van der Waals surface area contributed by atoms with Crippen LogP contribution < -0.4 is 0 Å². The van der Waals surface area contributed by atoms with Crippen LogP contribution in [-0.2, 0) is 6.42 Å². The van der Waals surface area contributed by atoms with Crippen molar-refractivity contribution in [1.82, 2.24) is 0 Å². The zero-order valence-corrected chi connectivity index (χ0v) is 20.5. The number of fused-ring (bicyclic) bond motifs is 11. The maximum absolute atomic E-state index is 2.37. The van der Waals surface area contributed by atoms with Crippen LogP contribution in [0.1, 0.15) is 95.6 Å². The Labute approximate surface area is 210 Å². The summed E-state index contributed by atoms with van der Waals surface area (Å²) in [6.45, 7) is 0. The molecule has 0 aliphatic heterocycles. The molecule has 4 atom stereocenters. The van der Waals surface area contributed by atoms with Crippen molar-refractivity contribution >= 4 is 0 Å². The molecule has 0 saturated heterocycles. The molecule has 0 nitrogen and oxygen atoms in total. The van der Waals surface area contributed by atoms with E-state index in [1.165, 1.54) is 49.7 Å². The van der Waals surface area contributed by atoms with Crippen LogP contribution in [0.2, 0.25) is 0 Å². The predicted octanol–water partition coefficient (Wildman–Crippen LogP) is 9.36. The molecule has 4 aliphatic carbocycles. The smallest absolute Gasteiger partial charge is 0.00201 e. The van der Waals surface area contributed by atoms with Gasteiger partial charge < -0.3 is 0 Å². The van der Waals surface area contributed by atoms with Gasteiger partial charge in [0.05, 0.1) is 0 Å². The molecule has 2 fully saturated rings. The standard InChI is InChI=1S/C18H18.C17H16/c1-3-8-15-13(6-1)12-14-7-2-4-9-16(14)18-11-5-10-17(15)18;1-3-8-14-12(6-1)13-7-2-4-9-15(13)17-11-5-10-16(14)17/h1-4,6-9,17-18H,5,10-12H2;1-4,6-9,16-17H,5,10-11H2. The van der Waals surface area contributed by atoms with E-state index in [1.54, 1.807) is 33.4 Å². The van der Waals surface area contributed by atoms with Gasteiger partial charge in [0.2, 0.25) is 0 Å². The zero-order chi connectivity index (χ0) is 23.2. The molecule has 0 heterocycles. The maximum atomic E-state index is 2.37. The highest BCUT2D eigenvalue weighted by atomic mass is 14.4. The number of benzene rings is 4. The first-order valence-corrected chi connectivity index (χ1v) is 13.7. The Morgan fingerprint density at radius 2 is 0.714 bits per heavy atom. The first-order chi connectivity index (χ1) is 17.4. The van der Waals surface area contributed by atoms with Crippen molar-refractivity contribution in [2.45, 2.75) is 68.6 Å². The summed E-state index contributed by atoms with van der Waals surface area (Å²) in [5.74, 6) is 3.09. The quantitative estimate of drug-likeness (QED) is 0.248. The van der Waals surface area contributed by atoms with Crippen molar-refractivity contribution in [2.75, 3.05) is 0 Å². The molecule has 4 aromatic rings. The van der Waals surface area contributed by atoms with Gasteiger partial charge in [0.25, 0.3) is 0 Å². The third kappa shape index (κ3) is 3.57. The third-order valence-corrected chi connectivity index (χ3v) is 9.33. The van der Waals surface area contributed by atoms with E-state index in [0.29, 0.717) is 0 Å². The van der Waals surface area contributed by atoms with Crippen LogP contribution in [-0.4, -0.2) is 0 Å². The van der Waals surface area contributed by atoms with Crippen LogP contribution in [0, 0.1) is 0 Å². The monoisotopic (exact) mass is 454 g/mol. The molecule has 4 aliphatic rings. The van der Waals surface area contributed by atoms with Crippen molar-refractivity contribution in [1.29, 1.82) is 0 Å². The van der Waals surface area contributed by atoms with Crippen molar-refractivity contribution < 1.29 is 0 Å². The Bertz CT molecular complexity index is 1260. The van der Waals surface area contributed by atoms with Gasteiger partial charge in [0.15, 0.2) is 0 Å². The van der Waals surface area contributed by atoms with Crippen LogP contribution in [0.4, 0.5) is 0 Å². The number of hydrogen-bond acceptors (Lipinski definition) is 0. The van der Waals surface area contributed by atoms with Crippen molar-refractivity contribution in [3.05, 3.63) is 130 Å². The minimum atomic E-state index is 0.768. The van der Waals surface area contributed by atoms with Gasteiger partial charge in [-0.05, 0) is 100 Å². The second kappa shape index (κ2) is 8.83. The van der Waals surface area contributed by atoms with Crippen LogP contribution in [0.25, 0.3) is 11.1 Å². The molecule has 4 unspecified atom stereocenters. The molecule has 0 N–H and O–H groups in total. The summed E-state index contributed by atoms with van der Waals surface area (Å²) >= 11 is 0. The van der Waals surface area contributed by atoms with E-state index in [1.807, 2.05) is 0 Å². The van der Waals surface area contributed by atoms with E-state index in [-0.39, 0.29) is 0 Å². The Morgan fingerprint density at radius 1 is 0.371 bits per heavy atom. The average Bonchev–Trinajstić information content (AvgIpc) is 3.59. The molecule has 0 spiro atoms. The van der Waals surface area contributed by atoms with Crippen LogP contribution in [0.5, 0.6) is 0 Å². The summed E-state index contributed by atoms with van der Waals surface area (Å²) < 4.78 is 0. The van der Waals surface area contributed by atoms with E-state index >= 15 is 0 Å². The summed E-state index contributed by atoms with van der Waals surface area (Å²) in [6, 6.07) is 36.2. The molecule has 4 aromatic carbocycles. The molecule has 0 heteroatoms. The topological polar surface area (TPSA) is 0 Å². The number of hydrogen-bond donors (Lipinski definition) is 0. The zero-order valence-electron chi connectivity index (χ0n) is 20.5. The Hall–Kier alpha value is -3.12. The molecule has 2 saturated carbocycles. The summed E-state index contributed by atoms with van der Waals surface area (Å²) in [4.78, 5) is 0. The van der Waals surface area contributed by atoms with Crippen molar-refractivity contribution in [3.63, 3.8) is 0 Å². The number of rotatable bonds is 0. The summed E-state index contributed by atoms with van der Waals surface area (Å²) in [5.41, 5.74) is 12.5. The van der Waals surface area contributed by atoms with E-state index in [2.05, 4.69) is 97.1 Å². The Balaban J connectivity index is 0.000000120. The van der Waals surface area contributed by atoms with E-state index in [0.717, 1.165) is 30.1 Å². The molecular weight excluding hydrogens is 420 g/mol.